The van der Waals surface area contributed by atoms with Gasteiger partial charge in [-0.15, -0.1) is 0 Å². The zero-order valence-corrected chi connectivity index (χ0v) is 11.1. The van der Waals surface area contributed by atoms with Crippen molar-refractivity contribution >= 4 is 0 Å². The van der Waals surface area contributed by atoms with Crippen molar-refractivity contribution in [1.82, 2.24) is 15.1 Å². The highest BCUT2D eigenvalue weighted by Gasteiger charge is 2.28. The van der Waals surface area contributed by atoms with E-state index in [9.17, 15) is 0 Å². The van der Waals surface area contributed by atoms with Gasteiger partial charge in [-0.1, -0.05) is 0 Å². The van der Waals surface area contributed by atoms with Crippen molar-refractivity contribution in [2.45, 2.75) is 38.8 Å². The van der Waals surface area contributed by atoms with Gasteiger partial charge in [0.25, 0.3) is 0 Å². The molecule has 0 amide bonds. The quantitative estimate of drug-likeness (QED) is 0.770. The summed E-state index contributed by atoms with van der Waals surface area (Å²) < 4.78 is 0. The molecule has 0 bridgehead atoms. The standard InChI is InChI=1S/C13H27N3/c1-11(2)16-7-4-12(9-16)8-15-6-5-13(10-15)14-3/h11-14H,4-10H2,1-3H3. The number of likely N-dealkylation sites (N-methyl/N-ethyl adjacent to an activating group) is 1. The zero-order chi connectivity index (χ0) is 11.5. The molecule has 0 spiro atoms. The maximum atomic E-state index is 3.39. The van der Waals surface area contributed by atoms with Crippen molar-refractivity contribution in [3.63, 3.8) is 0 Å². The Balaban J connectivity index is 1.71. The lowest BCUT2D eigenvalue weighted by Crippen LogP contribution is -2.34. The van der Waals surface area contributed by atoms with Gasteiger partial charge < -0.3 is 15.1 Å². The molecule has 3 heteroatoms. The van der Waals surface area contributed by atoms with E-state index in [1.54, 1.807) is 0 Å². The maximum absolute atomic E-state index is 3.39. The Labute approximate surface area is 100 Å². The number of nitrogens with one attached hydrogen (secondary N) is 1. The van der Waals surface area contributed by atoms with Crippen LogP contribution in [0.3, 0.4) is 0 Å². The molecular weight excluding hydrogens is 198 g/mol. The van der Waals surface area contributed by atoms with Crippen LogP contribution < -0.4 is 5.32 Å². The Hall–Kier alpha value is -0.120. The highest BCUT2D eigenvalue weighted by Crippen LogP contribution is 2.21. The third-order valence-corrected chi connectivity index (χ3v) is 4.24. The van der Waals surface area contributed by atoms with E-state index in [-0.39, 0.29) is 0 Å². The van der Waals surface area contributed by atoms with Crippen molar-refractivity contribution in [2.75, 3.05) is 39.8 Å². The van der Waals surface area contributed by atoms with Gasteiger partial charge in [-0.05, 0) is 52.7 Å². The largest absolute Gasteiger partial charge is 0.316 e. The van der Waals surface area contributed by atoms with E-state index in [1.165, 1.54) is 45.6 Å². The van der Waals surface area contributed by atoms with Crippen LogP contribution in [0, 0.1) is 5.92 Å². The van der Waals surface area contributed by atoms with Crippen LogP contribution in [0.4, 0.5) is 0 Å². The third-order valence-electron chi connectivity index (χ3n) is 4.24. The minimum absolute atomic E-state index is 0.730. The topological polar surface area (TPSA) is 18.5 Å². The summed E-state index contributed by atoms with van der Waals surface area (Å²) in [7, 11) is 2.09. The Morgan fingerprint density at radius 2 is 2.00 bits per heavy atom. The molecule has 2 aliphatic heterocycles. The minimum Gasteiger partial charge on any atom is -0.316 e. The molecule has 2 fully saturated rings. The highest BCUT2D eigenvalue weighted by atomic mass is 15.2. The summed E-state index contributed by atoms with van der Waals surface area (Å²) in [5.74, 6) is 0.915. The lowest BCUT2D eigenvalue weighted by molar-refractivity contribution is 0.236. The van der Waals surface area contributed by atoms with E-state index < -0.39 is 0 Å². The summed E-state index contributed by atoms with van der Waals surface area (Å²) >= 11 is 0. The molecule has 2 heterocycles. The highest BCUT2D eigenvalue weighted by molar-refractivity contribution is 4.85. The van der Waals surface area contributed by atoms with Crippen LogP contribution in [0.15, 0.2) is 0 Å². The smallest absolute Gasteiger partial charge is 0.0204 e. The van der Waals surface area contributed by atoms with Gasteiger partial charge in [-0.2, -0.15) is 0 Å². The van der Waals surface area contributed by atoms with Crippen molar-refractivity contribution < 1.29 is 0 Å². The normalized spacial score (nSPS) is 33.0. The van der Waals surface area contributed by atoms with E-state index in [2.05, 4.69) is 36.0 Å². The van der Waals surface area contributed by atoms with E-state index in [0.29, 0.717) is 0 Å². The van der Waals surface area contributed by atoms with Crippen LogP contribution in [-0.2, 0) is 0 Å². The van der Waals surface area contributed by atoms with Gasteiger partial charge >= 0.3 is 0 Å². The summed E-state index contributed by atoms with van der Waals surface area (Å²) in [5.41, 5.74) is 0. The molecule has 2 aliphatic rings. The van der Waals surface area contributed by atoms with Crippen LogP contribution >= 0.6 is 0 Å². The van der Waals surface area contributed by atoms with E-state index in [0.717, 1.165) is 18.0 Å². The molecule has 1 N–H and O–H groups in total. The first-order chi connectivity index (χ1) is 7.69. The summed E-state index contributed by atoms with van der Waals surface area (Å²) in [6.45, 7) is 11.1. The fourth-order valence-corrected chi connectivity index (χ4v) is 3.08. The number of nitrogens with zero attached hydrogens (tertiary/aromatic N) is 2. The van der Waals surface area contributed by atoms with Gasteiger partial charge in [0.1, 0.15) is 0 Å². The lowest BCUT2D eigenvalue weighted by atomic mass is 10.1. The van der Waals surface area contributed by atoms with Gasteiger partial charge in [0.05, 0.1) is 0 Å². The molecule has 0 aromatic carbocycles. The molecule has 0 aromatic heterocycles. The molecule has 2 atom stereocenters. The SMILES string of the molecule is CNC1CCN(CC2CCN(C(C)C)C2)C1. The van der Waals surface area contributed by atoms with E-state index in [1.807, 2.05) is 0 Å². The molecule has 94 valence electrons. The van der Waals surface area contributed by atoms with Gasteiger partial charge in [0.15, 0.2) is 0 Å². The lowest BCUT2D eigenvalue weighted by Gasteiger charge is -2.23. The average molecular weight is 225 g/mol. The Kier molecular flexibility index (Phi) is 4.22. The van der Waals surface area contributed by atoms with Crippen LogP contribution in [0.2, 0.25) is 0 Å². The van der Waals surface area contributed by atoms with Crippen LogP contribution in [0.1, 0.15) is 26.7 Å². The molecule has 2 rings (SSSR count). The molecule has 16 heavy (non-hydrogen) atoms. The average Bonchev–Trinajstić information content (AvgIpc) is 2.87. The molecule has 0 aliphatic carbocycles. The minimum atomic E-state index is 0.730. The summed E-state index contributed by atoms with van der Waals surface area (Å²) in [6, 6.07) is 1.47. The first-order valence-electron chi connectivity index (χ1n) is 6.82. The zero-order valence-electron chi connectivity index (χ0n) is 11.1. The third kappa shape index (κ3) is 2.96. The summed E-state index contributed by atoms with van der Waals surface area (Å²) in [5, 5.41) is 3.39. The summed E-state index contributed by atoms with van der Waals surface area (Å²) in [4.78, 5) is 5.27. The molecule has 0 aromatic rings. The number of likely N-dealkylation sites (tertiary alicyclic amines) is 2. The van der Waals surface area contributed by atoms with Crippen LogP contribution in [-0.4, -0.2) is 61.7 Å². The predicted octanol–water partition coefficient (Wildman–Crippen LogP) is 1.01. The van der Waals surface area contributed by atoms with Crippen LogP contribution in [0.25, 0.3) is 0 Å². The fraction of sp³-hybridized carbons (Fsp3) is 1.00. The fourth-order valence-electron chi connectivity index (χ4n) is 3.08. The molecule has 2 saturated heterocycles. The van der Waals surface area contributed by atoms with Crippen molar-refractivity contribution in [3.05, 3.63) is 0 Å². The second kappa shape index (κ2) is 5.48. The first-order valence-corrected chi connectivity index (χ1v) is 6.82. The van der Waals surface area contributed by atoms with Crippen LogP contribution in [0.5, 0.6) is 0 Å². The van der Waals surface area contributed by atoms with Crippen molar-refractivity contribution in [3.8, 4) is 0 Å². The van der Waals surface area contributed by atoms with Gasteiger partial charge in [-0.25, -0.2) is 0 Å². The molecule has 3 nitrogen and oxygen atoms in total. The van der Waals surface area contributed by atoms with Crippen molar-refractivity contribution in [1.29, 1.82) is 0 Å². The predicted molar refractivity (Wildman–Crippen MR) is 68.7 cm³/mol. The Morgan fingerprint density at radius 1 is 1.19 bits per heavy atom. The van der Waals surface area contributed by atoms with E-state index in [4.69, 9.17) is 0 Å². The van der Waals surface area contributed by atoms with Gasteiger partial charge in [-0.3, -0.25) is 0 Å². The van der Waals surface area contributed by atoms with E-state index >= 15 is 0 Å². The maximum Gasteiger partial charge on any atom is 0.0204 e. The summed E-state index contributed by atoms with van der Waals surface area (Å²) in [6.07, 6.45) is 2.73. The van der Waals surface area contributed by atoms with Gasteiger partial charge in [0, 0.05) is 31.7 Å². The number of rotatable bonds is 4. The second-order valence-electron chi connectivity index (χ2n) is 5.78. The first kappa shape index (κ1) is 12.3. The number of hydrogen-bond acceptors (Lipinski definition) is 3. The van der Waals surface area contributed by atoms with Gasteiger partial charge in [0.2, 0.25) is 0 Å². The molecular formula is C13H27N3. The second-order valence-corrected chi connectivity index (χ2v) is 5.78. The Morgan fingerprint density at radius 3 is 2.56 bits per heavy atom. The molecule has 2 unspecified atom stereocenters. The Bertz CT molecular complexity index is 217. The number of hydrogen-bond donors (Lipinski definition) is 1. The van der Waals surface area contributed by atoms with Crippen molar-refractivity contribution in [2.24, 2.45) is 5.92 Å². The monoisotopic (exact) mass is 225 g/mol. The molecule has 0 radical (unpaired) electrons. The molecule has 0 saturated carbocycles.